The Morgan fingerprint density at radius 1 is 1.38 bits per heavy atom. The summed E-state index contributed by atoms with van der Waals surface area (Å²) in [6, 6.07) is 0.941. The first kappa shape index (κ1) is 24.1. The number of benzene rings is 1. The smallest absolute Gasteiger partial charge is 0.341 e. The summed E-state index contributed by atoms with van der Waals surface area (Å²) in [5.74, 6) is -2.96. The van der Waals surface area contributed by atoms with E-state index in [4.69, 9.17) is 9.47 Å². The molecule has 1 N–H and O–H groups in total. The van der Waals surface area contributed by atoms with Gasteiger partial charge >= 0.3 is 5.97 Å². The van der Waals surface area contributed by atoms with Gasteiger partial charge in [-0.3, -0.25) is 4.79 Å². The van der Waals surface area contributed by atoms with Gasteiger partial charge in [-0.1, -0.05) is 0 Å². The Kier molecular flexibility index (Phi) is 7.47. The summed E-state index contributed by atoms with van der Waals surface area (Å²) in [7, 11) is 5.37. The van der Waals surface area contributed by atoms with Crippen molar-refractivity contribution in [2.24, 2.45) is 5.92 Å². The zero-order valence-corrected chi connectivity index (χ0v) is 18.7. The van der Waals surface area contributed by atoms with Crippen LogP contribution < -0.4 is 10.3 Å². The Balaban J connectivity index is 2.08. The molecule has 0 aliphatic carbocycles. The van der Waals surface area contributed by atoms with Crippen LogP contribution in [0.25, 0.3) is 10.9 Å². The number of pyridine rings is 1. The fraction of sp³-hybridized carbons (Fsp3) is 0.545. The number of rotatable bonds is 9. The van der Waals surface area contributed by atoms with Crippen molar-refractivity contribution in [1.82, 2.24) is 9.47 Å². The van der Waals surface area contributed by atoms with E-state index in [2.05, 4.69) is 0 Å². The van der Waals surface area contributed by atoms with Crippen molar-refractivity contribution in [2.45, 2.75) is 26.2 Å². The predicted octanol–water partition coefficient (Wildman–Crippen LogP) is 2.37. The summed E-state index contributed by atoms with van der Waals surface area (Å²) < 4.78 is 42.5. The Morgan fingerprint density at radius 2 is 2.09 bits per heavy atom. The molecule has 0 bridgehead atoms. The Labute approximate surface area is 184 Å². The van der Waals surface area contributed by atoms with Gasteiger partial charge in [0.05, 0.1) is 17.5 Å². The quantitative estimate of drug-likeness (QED) is 0.584. The molecule has 1 aliphatic heterocycles. The lowest BCUT2D eigenvalue weighted by Gasteiger charge is -2.23. The molecule has 0 saturated carbocycles. The molecule has 1 aliphatic rings. The molecule has 2 atom stereocenters. The number of carboxylic acids is 1. The largest absolute Gasteiger partial charge is 0.477 e. The van der Waals surface area contributed by atoms with E-state index >= 15 is 8.78 Å². The first-order valence-corrected chi connectivity index (χ1v) is 10.5. The molecule has 1 fully saturated rings. The van der Waals surface area contributed by atoms with Gasteiger partial charge in [0.2, 0.25) is 5.43 Å². The number of hydrogen-bond acceptors (Lipinski definition) is 6. The number of hydrogen-bond donors (Lipinski definition) is 1. The fourth-order valence-electron chi connectivity index (χ4n) is 4.18. The van der Waals surface area contributed by atoms with E-state index in [0.29, 0.717) is 13.1 Å². The van der Waals surface area contributed by atoms with Crippen LogP contribution in [-0.2, 0) is 16.0 Å². The van der Waals surface area contributed by atoms with Crippen LogP contribution in [0, 0.1) is 17.6 Å². The van der Waals surface area contributed by atoms with Crippen molar-refractivity contribution in [1.29, 1.82) is 0 Å². The molecule has 176 valence electrons. The van der Waals surface area contributed by atoms with Gasteiger partial charge in [-0.15, -0.1) is 0 Å². The van der Waals surface area contributed by atoms with Crippen LogP contribution in [0.2, 0.25) is 0 Å². The van der Waals surface area contributed by atoms with Crippen molar-refractivity contribution in [2.75, 3.05) is 52.3 Å². The summed E-state index contributed by atoms with van der Waals surface area (Å²) >= 11 is 0. The van der Waals surface area contributed by atoms with E-state index in [-0.39, 0.29) is 35.7 Å². The number of halogens is 2. The van der Waals surface area contributed by atoms with Crippen LogP contribution >= 0.6 is 0 Å². The standard InChI is InChI=1S/C22H29F2N3O5/c1-13(31-4)32-8-7-27-12-16(22(29)30)21(28)15-9-17(23)20(18(24)19(15)27)26-6-5-14(11-26)10-25(2)3/h9,12-14H,5-8,10-11H2,1-4H3,(H,29,30). The maximum atomic E-state index is 15.7. The number of carboxylic acid groups (broad SMARTS) is 1. The fourth-order valence-corrected chi connectivity index (χ4v) is 4.18. The number of carbonyl (C=O) groups is 1. The second kappa shape index (κ2) is 9.93. The van der Waals surface area contributed by atoms with E-state index in [1.54, 1.807) is 11.8 Å². The van der Waals surface area contributed by atoms with Gasteiger partial charge in [0, 0.05) is 39.5 Å². The summed E-state index contributed by atoms with van der Waals surface area (Å²) in [6.45, 7) is 3.59. The lowest BCUT2D eigenvalue weighted by molar-refractivity contribution is -0.112. The number of anilines is 1. The van der Waals surface area contributed by atoms with Gasteiger partial charge in [-0.2, -0.15) is 0 Å². The van der Waals surface area contributed by atoms with Gasteiger partial charge < -0.3 is 28.9 Å². The molecule has 1 aromatic heterocycles. The van der Waals surface area contributed by atoms with Crippen LogP contribution in [0.15, 0.2) is 17.1 Å². The maximum Gasteiger partial charge on any atom is 0.341 e. The molecule has 10 heteroatoms. The number of aromatic carboxylic acids is 1. The highest BCUT2D eigenvalue weighted by atomic mass is 19.1. The molecule has 2 aromatic rings. The lowest BCUT2D eigenvalue weighted by Crippen LogP contribution is -2.28. The third kappa shape index (κ3) is 4.92. The average molecular weight is 453 g/mol. The van der Waals surface area contributed by atoms with E-state index in [1.165, 1.54) is 11.7 Å². The van der Waals surface area contributed by atoms with E-state index in [0.717, 1.165) is 25.2 Å². The molecule has 8 nitrogen and oxygen atoms in total. The third-order valence-electron chi connectivity index (χ3n) is 5.70. The highest BCUT2D eigenvalue weighted by Crippen LogP contribution is 2.33. The highest BCUT2D eigenvalue weighted by molar-refractivity contribution is 5.93. The third-order valence-corrected chi connectivity index (χ3v) is 5.70. The molecular weight excluding hydrogens is 424 g/mol. The second-order valence-corrected chi connectivity index (χ2v) is 8.32. The minimum atomic E-state index is -1.47. The monoisotopic (exact) mass is 453 g/mol. The molecular formula is C22H29F2N3O5. The van der Waals surface area contributed by atoms with Crippen molar-refractivity contribution >= 4 is 22.6 Å². The first-order valence-electron chi connectivity index (χ1n) is 10.5. The summed E-state index contributed by atoms with van der Waals surface area (Å²) in [5.41, 5.74) is -1.82. The van der Waals surface area contributed by atoms with Gasteiger partial charge in [-0.25, -0.2) is 13.6 Å². The van der Waals surface area contributed by atoms with Crippen molar-refractivity contribution < 1.29 is 28.2 Å². The van der Waals surface area contributed by atoms with Crippen molar-refractivity contribution in [3.8, 4) is 0 Å². The molecule has 0 amide bonds. The summed E-state index contributed by atoms with van der Waals surface area (Å²) in [5, 5.41) is 9.09. The van der Waals surface area contributed by atoms with Crippen LogP contribution in [0.5, 0.6) is 0 Å². The van der Waals surface area contributed by atoms with E-state index < -0.39 is 34.9 Å². The predicted molar refractivity (Wildman–Crippen MR) is 116 cm³/mol. The first-order chi connectivity index (χ1) is 15.1. The van der Waals surface area contributed by atoms with Gasteiger partial charge in [0.25, 0.3) is 0 Å². The van der Waals surface area contributed by atoms with Crippen molar-refractivity contribution in [3.05, 3.63) is 39.7 Å². The summed E-state index contributed by atoms with van der Waals surface area (Å²) in [4.78, 5) is 27.9. The minimum Gasteiger partial charge on any atom is -0.477 e. The molecule has 1 saturated heterocycles. The highest BCUT2D eigenvalue weighted by Gasteiger charge is 2.30. The second-order valence-electron chi connectivity index (χ2n) is 8.32. The van der Waals surface area contributed by atoms with Crippen molar-refractivity contribution in [3.63, 3.8) is 0 Å². The lowest BCUT2D eigenvalue weighted by atomic mass is 10.1. The molecule has 2 heterocycles. The van der Waals surface area contributed by atoms with E-state index in [9.17, 15) is 14.7 Å². The molecule has 0 spiro atoms. The Morgan fingerprint density at radius 3 is 2.72 bits per heavy atom. The topological polar surface area (TPSA) is 84.2 Å². The number of aromatic nitrogens is 1. The van der Waals surface area contributed by atoms with Gasteiger partial charge in [-0.05, 0) is 39.4 Å². The minimum absolute atomic E-state index is 0.0516. The van der Waals surface area contributed by atoms with Crippen LogP contribution in [0.4, 0.5) is 14.5 Å². The van der Waals surface area contributed by atoms with Crippen LogP contribution in [0.1, 0.15) is 23.7 Å². The zero-order valence-electron chi connectivity index (χ0n) is 18.7. The maximum absolute atomic E-state index is 15.7. The number of nitrogens with zero attached hydrogens (tertiary/aromatic N) is 3. The van der Waals surface area contributed by atoms with Gasteiger partial charge in [0.1, 0.15) is 17.1 Å². The number of fused-ring (bicyclic) bond motifs is 1. The molecule has 1 aromatic carbocycles. The zero-order chi connectivity index (χ0) is 23.6. The van der Waals surface area contributed by atoms with Crippen LogP contribution in [-0.4, -0.2) is 74.3 Å². The Hall–Kier alpha value is -2.56. The molecule has 0 radical (unpaired) electrons. The molecule has 2 unspecified atom stereocenters. The van der Waals surface area contributed by atoms with Crippen LogP contribution in [0.3, 0.4) is 0 Å². The average Bonchev–Trinajstić information content (AvgIpc) is 3.16. The normalized spacial score (nSPS) is 17.5. The van der Waals surface area contributed by atoms with Gasteiger partial charge in [0.15, 0.2) is 12.1 Å². The SMILES string of the molecule is COC(C)OCCn1cc(C(=O)O)c(=O)c2cc(F)c(N3CCC(CN(C)C)C3)c(F)c21. The molecule has 3 rings (SSSR count). The molecule has 32 heavy (non-hydrogen) atoms. The number of ether oxygens (including phenoxy) is 2. The van der Waals surface area contributed by atoms with E-state index in [1.807, 2.05) is 19.0 Å². The number of methoxy groups -OCH3 is 1. The summed E-state index contributed by atoms with van der Waals surface area (Å²) in [6.07, 6.45) is 1.36. The Bertz CT molecular complexity index is 1060.